The Bertz CT molecular complexity index is 974. The Morgan fingerprint density at radius 2 is 2.08 bits per heavy atom. The van der Waals surface area contributed by atoms with Gasteiger partial charge in [-0.3, -0.25) is 9.78 Å². The molecule has 0 bridgehead atoms. The lowest BCUT2D eigenvalue weighted by Gasteiger charge is -2.12. The number of aldehydes is 1. The number of carbonyl (C=O) groups is 2. The van der Waals surface area contributed by atoms with Crippen LogP contribution in [0.5, 0.6) is 0 Å². The van der Waals surface area contributed by atoms with Gasteiger partial charge in [-0.1, -0.05) is 24.3 Å². The smallest absolute Gasteiger partial charge is 0.342 e. The van der Waals surface area contributed by atoms with E-state index in [0.29, 0.717) is 23.1 Å². The van der Waals surface area contributed by atoms with Crippen LogP contribution in [0.25, 0.3) is 16.5 Å². The van der Waals surface area contributed by atoms with E-state index in [0.717, 1.165) is 16.6 Å². The number of nitrogens with zero attached hydrogens (tertiary/aromatic N) is 1. The molecule has 0 radical (unpaired) electrons. The van der Waals surface area contributed by atoms with E-state index < -0.39 is 5.97 Å². The van der Waals surface area contributed by atoms with Crippen molar-refractivity contribution in [1.29, 1.82) is 0 Å². The van der Waals surface area contributed by atoms with E-state index in [1.54, 1.807) is 38.5 Å². The van der Waals surface area contributed by atoms with E-state index in [2.05, 4.69) is 15.3 Å². The summed E-state index contributed by atoms with van der Waals surface area (Å²) in [6.07, 6.45) is 3.78. The molecule has 0 atom stereocenters. The summed E-state index contributed by atoms with van der Waals surface area (Å²) >= 11 is 0. The maximum atomic E-state index is 12.4. The van der Waals surface area contributed by atoms with E-state index in [-0.39, 0.29) is 12.2 Å². The van der Waals surface area contributed by atoms with Gasteiger partial charge in [-0.15, -0.1) is 0 Å². The van der Waals surface area contributed by atoms with Gasteiger partial charge in [0.1, 0.15) is 5.57 Å². The predicted molar refractivity (Wildman–Crippen MR) is 101 cm³/mol. The number of carbonyl (C=O) groups excluding carboxylic acids is 2. The molecule has 0 unspecified atom stereocenters. The number of hydrogen-bond donors (Lipinski definition) is 2. The molecule has 0 amide bonds. The van der Waals surface area contributed by atoms with Crippen molar-refractivity contribution in [3.8, 4) is 0 Å². The molecule has 2 aromatic heterocycles. The standard InChI is InChI=1S/C20H19N3O3/c1-3-26-20(25)15(12-24)17(13-7-6-10-22-11-13)19-18(21-2)14-8-4-5-9-16(14)23-19/h4-12,21,23H,3H2,1-2H3/b17-15+. The summed E-state index contributed by atoms with van der Waals surface area (Å²) in [5, 5.41) is 4.12. The number of aromatic nitrogens is 2. The second-order valence-electron chi connectivity index (χ2n) is 5.54. The first kappa shape index (κ1) is 17.4. The molecule has 3 rings (SSSR count). The summed E-state index contributed by atoms with van der Waals surface area (Å²) in [7, 11) is 1.80. The molecule has 6 heteroatoms. The first-order chi connectivity index (χ1) is 12.7. The van der Waals surface area contributed by atoms with Crippen LogP contribution in [0.4, 0.5) is 5.69 Å². The number of pyridine rings is 1. The van der Waals surface area contributed by atoms with Crippen LogP contribution in [-0.4, -0.2) is 35.9 Å². The van der Waals surface area contributed by atoms with E-state index in [4.69, 9.17) is 4.74 Å². The van der Waals surface area contributed by atoms with Gasteiger partial charge in [0, 0.05) is 41.5 Å². The largest absolute Gasteiger partial charge is 0.462 e. The van der Waals surface area contributed by atoms with Crippen LogP contribution < -0.4 is 5.32 Å². The second-order valence-corrected chi connectivity index (χ2v) is 5.54. The lowest BCUT2D eigenvalue weighted by atomic mass is 9.97. The minimum absolute atomic E-state index is 0.0529. The molecule has 0 aliphatic carbocycles. The molecule has 0 aliphatic heterocycles. The zero-order valence-electron chi connectivity index (χ0n) is 14.6. The van der Waals surface area contributed by atoms with Crippen molar-refractivity contribution in [1.82, 2.24) is 9.97 Å². The van der Waals surface area contributed by atoms with Crippen LogP contribution in [0.15, 0.2) is 54.4 Å². The highest BCUT2D eigenvalue weighted by atomic mass is 16.5. The number of hydrogen-bond acceptors (Lipinski definition) is 5. The van der Waals surface area contributed by atoms with Gasteiger partial charge in [-0.25, -0.2) is 4.79 Å². The van der Waals surface area contributed by atoms with Crippen molar-refractivity contribution < 1.29 is 14.3 Å². The van der Waals surface area contributed by atoms with Gasteiger partial charge in [0.05, 0.1) is 18.0 Å². The zero-order chi connectivity index (χ0) is 18.5. The van der Waals surface area contributed by atoms with Crippen LogP contribution in [0.3, 0.4) is 0 Å². The van der Waals surface area contributed by atoms with Gasteiger partial charge in [-0.2, -0.15) is 0 Å². The van der Waals surface area contributed by atoms with Crippen molar-refractivity contribution in [2.45, 2.75) is 6.92 Å². The number of ether oxygens (including phenoxy) is 1. The number of H-pyrrole nitrogens is 1. The Balaban J connectivity index is 2.35. The molecule has 2 N–H and O–H groups in total. The molecule has 0 aliphatic rings. The third-order valence-corrected chi connectivity index (χ3v) is 4.04. The number of para-hydroxylation sites is 1. The predicted octanol–water partition coefficient (Wildman–Crippen LogP) is 3.17. The average Bonchev–Trinajstić information content (AvgIpc) is 3.04. The monoisotopic (exact) mass is 349 g/mol. The maximum Gasteiger partial charge on any atom is 0.342 e. The summed E-state index contributed by atoms with van der Waals surface area (Å²) in [4.78, 5) is 31.7. The van der Waals surface area contributed by atoms with Gasteiger partial charge in [0.2, 0.25) is 0 Å². The Morgan fingerprint density at radius 3 is 2.73 bits per heavy atom. The van der Waals surface area contributed by atoms with Crippen molar-refractivity contribution in [3.63, 3.8) is 0 Å². The minimum atomic E-state index is -0.665. The Kier molecular flexibility index (Phi) is 5.12. The van der Waals surface area contributed by atoms with E-state index in [9.17, 15) is 9.59 Å². The average molecular weight is 349 g/mol. The number of fused-ring (bicyclic) bond motifs is 1. The molecule has 0 saturated carbocycles. The zero-order valence-corrected chi connectivity index (χ0v) is 14.6. The Labute approximate surface area is 150 Å². The molecule has 2 heterocycles. The molecule has 3 aromatic rings. The van der Waals surface area contributed by atoms with Crippen LogP contribution in [-0.2, 0) is 14.3 Å². The molecule has 26 heavy (non-hydrogen) atoms. The molecule has 0 spiro atoms. The quantitative estimate of drug-likeness (QED) is 0.235. The summed E-state index contributed by atoms with van der Waals surface area (Å²) in [5.74, 6) is -0.665. The SMILES string of the molecule is CCOC(=O)/C(C=O)=C(\c1cccnc1)c1[nH]c2ccccc2c1NC. The van der Waals surface area contributed by atoms with Crippen LogP contribution in [0, 0.1) is 0 Å². The van der Waals surface area contributed by atoms with Crippen LogP contribution in [0.2, 0.25) is 0 Å². The van der Waals surface area contributed by atoms with E-state index in [1.807, 2.05) is 24.3 Å². The molecule has 0 fully saturated rings. The number of esters is 1. The fraction of sp³-hybridized carbons (Fsp3) is 0.150. The second kappa shape index (κ2) is 7.65. The summed E-state index contributed by atoms with van der Waals surface area (Å²) in [6, 6.07) is 11.3. The first-order valence-corrected chi connectivity index (χ1v) is 8.27. The van der Waals surface area contributed by atoms with Crippen molar-refractivity contribution in [2.75, 3.05) is 19.0 Å². The lowest BCUT2D eigenvalue weighted by Crippen LogP contribution is -2.12. The van der Waals surface area contributed by atoms with Gasteiger partial charge in [-0.05, 0) is 19.1 Å². The van der Waals surface area contributed by atoms with Crippen molar-refractivity contribution >= 4 is 34.4 Å². The first-order valence-electron chi connectivity index (χ1n) is 8.27. The molecular formula is C20H19N3O3. The number of anilines is 1. The van der Waals surface area contributed by atoms with Gasteiger partial charge >= 0.3 is 5.97 Å². The summed E-state index contributed by atoms with van der Waals surface area (Å²) in [6.45, 7) is 1.88. The molecule has 6 nitrogen and oxygen atoms in total. The fourth-order valence-electron chi connectivity index (χ4n) is 2.95. The molecular weight excluding hydrogens is 330 g/mol. The van der Waals surface area contributed by atoms with Crippen LogP contribution in [0.1, 0.15) is 18.2 Å². The van der Waals surface area contributed by atoms with E-state index >= 15 is 0 Å². The number of nitrogens with one attached hydrogen (secondary N) is 2. The number of rotatable bonds is 6. The highest BCUT2D eigenvalue weighted by molar-refractivity contribution is 6.18. The normalized spacial score (nSPS) is 11.8. The highest BCUT2D eigenvalue weighted by Gasteiger charge is 2.23. The van der Waals surface area contributed by atoms with E-state index in [1.165, 1.54) is 0 Å². The Morgan fingerprint density at radius 1 is 1.27 bits per heavy atom. The number of aromatic amines is 1. The van der Waals surface area contributed by atoms with Gasteiger partial charge in [0.25, 0.3) is 0 Å². The summed E-state index contributed by atoms with van der Waals surface area (Å²) in [5.41, 5.74) is 3.36. The molecule has 132 valence electrons. The third kappa shape index (κ3) is 3.09. The fourth-order valence-corrected chi connectivity index (χ4v) is 2.95. The Hall–Kier alpha value is -3.41. The van der Waals surface area contributed by atoms with Crippen LogP contribution >= 0.6 is 0 Å². The number of benzene rings is 1. The summed E-state index contributed by atoms with van der Waals surface area (Å²) < 4.78 is 5.08. The lowest BCUT2D eigenvalue weighted by molar-refractivity contribution is -0.139. The molecule has 0 saturated heterocycles. The third-order valence-electron chi connectivity index (χ3n) is 4.04. The van der Waals surface area contributed by atoms with Gasteiger partial charge in [0.15, 0.2) is 6.29 Å². The van der Waals surface area contributed by atoms with Crippen molar-refractivity contribution in [2.24, 2.45) is 0 Å². The van der Waals surface area contributed by atoms with Crippen molar-refractivity contribution in [3.05, 3.63) is 65.6 Å². The maximum absolute atomic E-state index is 12.4. The highest BCUT2D eigenvalue weighted by Crippen LogP contribution is 2.36. The molecule has 1 aromatic carbocycles. The van der Waals surface area contributed by atoms with Gasteiger partial charge < -0.3 is 15.0 Å². The minimum Gasteiger partial charge on any atom is -0.462 e. The topological polar surface area (TPSA) is 84.1 Å².